The van der Waals surface area contributed by atoms with Gasteiger partial charge < -0.3 is 10.6 Å². The second-order valence-electron chi connectivity index (χ2n) is 4.69. The zero-order valence-corrected chi connectivity index (χ0v) is 11.5. The van der Waals surface area contributed by atoms with Gasteiger partial charge in [0.1, 0.15) is 5.82 Å². The molecular formula is C15H20N4. The number of anilines is 1. The Balaban J connectivity index is 2.05. The van der Waals surface area contributed by atoms with E-state index in [1.165, 1.54) is 5.56 Å². The molecule has 0 aromatic carbocycles. The number of pyridine rings is 2. The second-order valence-corrected chi connectivity index (χ2v) is 4.69. The average molecular weight is 256 g/mol. The van der Waals surface area contributed by atoms with Crippen LogP contribution in [-0.4, -0.2) is 23.6 Å². The summed E-state index contributed by atoms with van der Waals surface area (Å²) >= 11 is 0. The van der Waals surface area contributed by atoms with Gasteiger partial charge in [-0.2, -0.15) is 0 Å². The van der Waals surface area contributed by atoms with Crippen molar-refractivity contribution in [2.75, 3.05) is 18.5 Å². The first-order valence-corrected chi connectivity index (χ1v) is 6.47. The van der Waals surface area contributed by atoms with Gasteiger partial charge in [-0.25, -0.2) is 4.98 Å². The molecule has 0 saturated carbocycles. The molecule has 0 unspecified atom stereocenters. The van der Waals surface area contributed by atoms with Crippen LogP contribution in [0.15, 0.2) is 36.5 Å². The highest BCUT2D eigenvalue weighted by Gasteiger charge is 2.04. The summed E-state index contributed by atoms with van der Waals surface area (Å²) in [7, 11) is 2.02. The Hall–Kier alpha value is -1.94. The van der Waals surface area contributed by atoms with E-state index < -0.39 is 0 Å². The van der Waals surface area contributed by atoms with Gasteiger partial charge >= 0.3 is 0 Å². The third kappa shape index (κ3) is 3.76. The van der Waals surface area contributed by atoms with Crippen molar-refractivity contribution < 1.29 is 0 Å². The number of hydrogen-bond donors (Lipinski definition) is 1. The zero-order chi connectivity index (χ0) is 13.7. The van der Waals surface area contributed by atoms with E-state index in [-0.39, 0.29) is 0 Å². The summed E-state index contributed by atoms with van der Waals surface area (Å²) in [5.74, 6) is 0.948. The lowest BCUT2D eigenvalue weighted by Gasteiger charge is -2.18. The Labute approximate surface area is 114 Å². The van der Waals surface area contributed by atoms with Crippen LogP contribution >= 0.6 is 0 Å². The van der Waals surface area contributed by atoms with E-state index in [0.717, 1.165) is 30.2 Å². The van der Waals surface area contributed by atoms with Crippen molar-refractivity contribution in [3.05, 3.63) is 53.5 Å². The van der Waals surface area contributed by atoms with Gasteiger partial charge in [0, 0.05) is 18.9 Å². The third-order valence-corrected chi connectivity index (χ3v) is 2.98. The zero-order valence-electron chi connectivity index (χ0n) is 11.5. The topological polar surface area (TPSA) is 55.0 Å². The summed E-state index contributed by atoms with van der Waals surface area (Å²) in [6.07, 6.45) is 2.76. The molecule has 0 bridgehead atoms. The molecule has 0 spiro atoms. The Bertz CT molecular complexity index is 522. The summed E-state index contributed by atoms with van der Waals surface area (Å²) in [5.41, 5.74) is 8.79. The lowest BCUT2D eigenvalue weighted by Crippen LogP contribution is -2.18. The van der Waals surface area contributed by atoms with Gasteiger partial charge in [0.05, 0.1) is 12.2 Å². The van der Waals surface area contributed by atoms with Crippen LogP contribution in [0, 0.1) is 6.92 Å². The number of hydrogen-bond acceptors (Lipinski definition) is 4. The molecule has 2 N–H and O–H groups in total. The van der Waals surface area contributed by atoms with Crippen molar-refractivity contribution in [3.63, 3.8) is 0 Å². The summed E-state index contributed by atoms with van der Waals surface area (Å²) in [6, 6.07) is 10.2. The summed E-state index contributed by atoms with van der Waals surface area (Å²) < 4.78 is 0. The second kappa shape index (κ2) is 6.29. The van der Waals surface area contributed by atoms with Crippen LogP contribution in [0.4, 0.5) is 5.82 Å². The Kier molecular flexibility index (Phi) is 4.47. The molecular weight excluding hydrogens is 236 g/mol. The van der Waals surface area contributed by atoms with E-state index in [2.05, 4.69) is 20.9 Å². The lowest BCUT2D eigenvalue weighted by atomic mass is 10.2. The molecule has 0 radical (unpaired) electrons. The number of nitrogens with zero attached hydrogens (tertiary/aromatic N) is 3. The van der Waals surface area contributed by atoms with Crippen molar-refractivity contribution >= 4 is 5.82 Å². The van der Waals surface area contributed by atoms with E-state index in [4.69, 9.17) is 5.73 Å². The SMILES string of the molecule is Cc1cccc(CN(C)c2ccc(CCN)cn2)n1. The van der Waals surface area contributed by atoms with E-state index >= 15 is 0 Å². The molecule has 2 heterocycles. The minimum atomic E-state index is 0.657. The predicted octanol–water partition coefficient (Wildman–Crippen LogP) is 1.92. The van der Waals surface area contributed by atoms with Crippen molar-refractivity contribution in [2.45, 2.75) is 19.9 Å². The normalized spacial score (nSPS) is 10.5. The van der Waals surface area contributed by atoms with Crippen molar-refractivity contribution in [1.29, 1.82) is 0 Å². The number of nitrogens with two attached hydrogens (primary N) is 1. The maximum atomic E-state index is 5.53. The average Bonchev–Trinajstić information content (AvgIpc) is 2.40. The molecule has 4 nitrogen and oxygen atoms in total. The minimum Gasteiger partial charge on any atom is -0.354 e. The van der Waals surface area contributed by atoms with E-state index in [1.54, 1.807) is 0 Å². The summed E-state index contributed by atoms with van der Waals surface area (Å²) in [4.78, 5) is 11.0. The number of aromatic nitrogens is 2. The molecule has 0 aliphatic heterocycles. The van der Waals surface area contributed by atoms with Gasteiger partial charge in [0.15, 0.2) is 0 Å². The molecule has 2 aromatic rings. The highest BCUT2D eigenvalue weighted by molar-refractivity contribution is 5.39. The monoisotopic (exact) mass is 256 g/mol. The van der Waals surface area contributed by atoms with Crippen molar-refractivity contribution in [1.82, 2.24) is 9.97 Å². The molecule has 0 saturated heterocycles. The van der Waals surface area contributed by atoms with Gasteiger partial charge in [-0.1, -0.05) is 12.1 Å². The molecule has 2 rings (SSSR count). The molecule has 19 heavy (non-hydrogen) atoms. The van der Waals surface area contributed by atoms with Gasteiger partial charge in [-0.3, -0.25) is 4.98 Å². The Morgan fingerprint density at radius 2 is 2.05 bits per heavy atom. The van der Waals surface area contributed by atoms with Crippen LogP contribution in [-0.2, 0) is 13.0 Å². The molecule has 100 valence electrons. The van der Waals surface area contributed by atoms with Crippen molar-refractivity contribution in [2.24, 2.45) is 5.73 Å². The van der Waals surface area contributed by atoms with E-state index in [9.17, 15) is 0 Å². The van der Waals surface area contributed by atoms with E-state index in [1.807, 2.05) is 44.4 Å². The Morgan fingerprint density at radius 1 is 1.21 bits per heavy atom. The highest BCUT2D eigenvalue weighted by Crippen LogP contribution is 2.12. The maximum Gasteiger partial charge on any atom is 0.128 e. The van der Waals surface area contributed by atoms with Gasteiger partial charge in [-0.05, 0) is 43.7 Å². The quantitative estimate of drug-likeness (QED) is 0.888. The molecule has 0 aliphatic rings. The lowest BCUT2D eigenvalue weighted by molar-refractivity contribution is 0.855. The van der Waals surface area contributed by atoms with Crippen LogP contribution in [0.2, 0.25) is 0 Å². The van der Waals surface area contributed by atoms with Crippen LogP contribution in [0.5, 0.6) is 0 Å². The minimum absolute atomic E-state index is 0.657. The number of rotatable bonds is 5. The van der Waals surface area contributed by atoms with Gasteiger partial charge in [0.2, 0.25) is 0 Å². The van der Waals surface area contributed by atoms with Crippen LogP contribution in [0.25, 0.3) is 0 Å². The molecule has 4 heteroatoms. The van der Waals surface area contributed by atoms with Gasteiger partial charge in [-0.15, -0.1) is 0 Å². The van der Waals surface area contributed by atoms with Gasteiger partial charge in [0.25, 0.3) is 0 Å². The molecule has 0 atom stereocenters. The number of aryl methyl sites for hydroxylation is 1. The van der Waals surface area contributed by atoms with Crippen LogP contribution < -0.4 is 10.6 Å². The first-order chi connectivity index (χ1) is 9.19. The standard InChI is InChI=1S/C15H20N4/c1-12-4-3-5-14(18-12)11-19(2)15-7-6-13(8-9-16)10-17-15/h3-7,10H,8-9,11,16H2,1-2H3. The smallest absolute Gasteiger partial charge is 0.128 e. The fraction of sp³-hybridized carbons (Fsp3) is 0.333. The predicted molar refractivity (Wildman–Crippen MR) is 78.1 cm³/mol. The van der Waals surface area contributed by atoms with Crippen LogP contribution in [0.1, 0.15) is 17.0 Å². The molecule has 0 amide bonds. The van der Waals surface area contributed by atoms with Crippen LogP contribution in [0.3, 0.4) is 0 Å². The maximum absolute atomic E-state index is 5.53. The highest BCUT2D eigenvalue weighted by atomic mass is 15.2. The first-order valence-electron chi connectivity index (χ1n) is 6.47. The first kappa shape index (κ1) is 13.5. The molecule has 0 fully saturated rings. The van der Waals surface area contributed by atoms with E-state index in [0.29, 0.717) is 6.54 Å². The molecule has 2 aromatic heterocycles. The third-order valence-electron chi connectivity index (χ3n) is 2.98. The fourth-order valence-electron chi connectivity index (χ4n) is 1.97. The fourth-order valence-corrected chi connectivity index (χ4v) is 1.97. The summed E-state index contributed by atoms with van der Waals surface area (Å²) in [6.45, 7) is 3.42. The summed E-state index contributed by atoms with van der Waals surface area (Å²) in [5, 5.41) is 0. The largest absolute Gasteiger partial charge is 0.354 e. The molecule has 0 aliphatic carbocycles. The Morgan fingerprint density at radius 3 is 2.68 bits per heavy atom. The van der Waals surface area contributed by atoms with Crippen molar-refractivity contribution in [3.8, 4) is 0 Å².